The average Bonchev–Trinajstić information content (AvgIpc) is 2.50. The molecular formula is C19H38O2. The maximum Gasteiger partial charge on any atom is 0.308 e. The fourth-order valence-corrected chi connectivity index (χ4v) is 2.42. The standard InChI is InChI=1S/C19H38O2/c1-4-6-7-8-9-10-11-12-13-14-15-16-17-21-19(20)18(3)5-2/h18H,4-17H2,1-3H3. The summed E-state index contributed by atoms with van der Waals surface area (Å²) in [6.45, 7) is 6.84. The Bertz CT molecular complexity index is 226. The maximum atomic E-state index is 11.5. The van der Waals surface area contributed by atoms with E-state index in [0.717, 1.165) is 12.8 Å². The minimum atomic E-state index is -0.0272. The third kappa shape index (κ3) is 14.2. The van der Waals surface area contributed by atoms with Crippen LogP contribution in [0.2, 0.25) is 0 Å². The molecule has 0 aliphatic carbocycles. The van der Waals surface area contributed by atoms with E-state index >= 15 is 0 Å². The first-order valence-corrected chi connectivity index (χ1v) is 9.39. The van der Waals surface area contributed by atoms with Crippen LogP contribution in [0.25, 0.3) is 0 Å². The van der Waals surface area contributed by atoms with Gasteiger partial charge in [-0.1, -0.05) is 91.4 Å². The average molecular weight is 299 g/mol. The third-order valence-electron chi connectivity index (χ3n) is 4.26. The van der Waals surface area contributed by atoms with Crippen molar-refractivity contribution >= 4 is 5.97 Å². The van der Waals surface area contributed by atoms with Gasteiger partial charge in [-0.25, -0.2) is 0 Å². The van der Waals surface area contributed by atoms with Crippen LogP contribution in [0.3, 0.4) is 0 Å². The van der Waals surface area contributed by atoms with Crippen LogP contribution < -0.4 is 0 Å². The maximum absolute atomic E-state index is 11.5. The quantitative estimate of drug-likeness (QED) is 0.263. The van der Waals surface area contributed by atoms with Crippen molar-refractivity contribution in [2.45, 2.75) is 104 Å². The molecule has 0 aromatic carbocycles. The molecule has 0 N–H and O–H groups in total. The van der Waals surface area contributed by atoms with Gasteiger partial charge in [-0.3, -0.25) is 4.79 Å². The first kappa shape index (κ1) is 20.5. The zero-order chi connectivity index (χ0) is 15.8. The van der Waals surface area contributed by atoms with Gasteiger partial charge in [-0.2, -0.15) is 0 Å². The van der Waals surface area contributed by atoms with Crippen LogP contribution in [-0.2, 0) is 9.53 Å². The van der Waals surface area contributed by atoms with Crippen LogP contribution in [0, 0.1) is 5.92 Å². The van der Waals surface area contributed by atoms with Crippen molar-refractivity contribution in [3.05, 3.63) is 0 Å². The van der Waals surface area contributed by atoms with Gasteiger partial charge in [0.25, 0.3) is 0 Å². The van der Waals surface area contributed by atoms with Crippen LogP contribution in [0.5, 0.6) is 0 Å². The van der Waals surface area contributed by atoms with E-state index in [1.807, 2.05) is 13.8 Å². The fourth-order valence-electron chi connectivity index (χ4n) is 2.42. The largest absolute Gasteiger partial charge is 0.465 e. The number of carbonyl (C=O) groups is 1. The molecule has 2 nitrogen and oxygen atoms in total. The molecular weight excluding hydrogens is 260 g/mol. The molecule has 0 bridgehead atoms. The summed E-state index contributed by atoms with van der Waals surface area (Å²) >= 11 is 0. The number of ether oxygens (including phenoxy) is 1. The van der Waals surface area contributed by atoms with Crippen molar-refractivity contribution in [2.24, 2.45) is 5.92 Å². The second kappa shape index (κ2) is 15.9. The van der Waals surface area contributed by atoms with Gasteiger partial charge in [-0.15, -0.1) is 0 Å². The molecule has 1 atom stereocenters. The first-order valence-electron chi connectivity index (χ1n) is 9.39. The smallest absolute Gasteiger partial charge is 0.308 e. The topological polar surface area (TPSA) is 26.3 Å². The highest BCUT2D eigenvalue weighted by molar-refractivity contribution is 5.71. The molecule has 0 radical (unpaired) electrons. The lowest BCUT2D eigenvalue weighted by Gasteiger charge is -2.08. The molecule has 0 heterocycles. The molecule has 0 amide bonds. The highest BCUT2D eigenvalue weighted by Gasteiger charge is 2.10. The minimum Gasteiger partial charge on any atom is -0.465 e. The molecule has 0 fully saturated rings. The molecule has 2 heteroatoms. The lowest BCUT2D eigenvalue weighted by atomic mass is 10.1. The third-order valence-corrected chi connectivity index (χ3v) is 4.26. The van der Waals surface area contributed by atoms with Crippen LogP contribution in [-0.4, -0.2) is 12.6 Å². The summed E-state index contributed by atoms with van der Waals surface area (Å²) in [7, 11) is 0. The second-order valence-corrected chi connectivity index (χ2v) is 6.37. The molecule has 0 rings (SSSR count). The van der Waals surface area contributed by atoms with Gasteiger partial charge in [0, 0.05) is 0 Å². The van der Waals surface area contributed by atoms with Crippen molar-refractivity contribution in [2.75, 3.05) is 6.61 Å². The predicted molar refractivity (Wildman–Crippen MR) is 91.5 cm³/mol. The Kier molecular flexibility index (Phi) is 15.5. The van der Waals surface area contributed by atoms with Crippen molar-refractivity contribution in [3.63, 3.8) is 0 Å². The monoisotopic (exact) mass is 298 g/mol. The SMILES string of the molecule is CCCCCCCCCCCCCCOC(=O)C(C)CC. The zero-order valence-electron chi connectivity index (χ0n) is 14.8. The molecule has 126 valence electrons. The van der Waals surface area contributed by atoms with Crippen molar-refractivity contribution in [1.29, 1.82) is 0 Å². The lowest BCUT2D eigenvalue weighted by molar-refractivity contribution is -0.148. The molecule has 0 aromatic rings. The van der Waals surface area contributed by atoms with E-state index in [0.29, 0.717) is 6.61 Å². The van der Waals surface area contributed by atoms with E-state index in [-0.39, 0.29) is 11.9 Å². The number of unbranched alkanes of at least 4 members (excludes halogenated alkanes) is 11. The molecule has 0 spiro atoms. The van der Waals surface area contributed by atoms with Gasteiger partial charge in [0.05, 0.1) is 12.5 Å². The number of hydrogen-bond donors (Lipinski definition) is 0. The number of esters is 1. The van der Waals surface area contributed by atoms with Crippen LogP contribution in [0.1, 0.15) is 104 Å². The molecule has 0 saturated carbocycles. The fraction of sp³-hybridized carbons (Fsp3) is 0.947. The first-order chi connectivity index (χ1) is 10.2. The number of carbonyl (C=O) groups excluding carboxylic acids is 1. The molecule has 0 aromatic heterocycles. The lowest BCUT2D eigenvalue weighted by Crippen LogP contribution is -2.14. The van der Waals surface area contributed by atoms with Gasteiger partial charge in [0.15, 0.2) is 0 Å². The highest BCUT2D eigenvalue weighted by atomic mass is 16.5. The molecule has 0 aliphatic heterocycles. The Balaban J connectivity index is 3.11. The summed E-state index contributed by atoms with van der Waals surface area (Å²) in [4.78, 5) is 11.5. The van der Waals surface area contributed by atoms with Gasteiger partial charge >= 0.3 is 5.97 Å². The normalized spacial score (nSPS) is 12.3. The highest BCUT2D eigenvalue weighted by Crippen LogP contribution is 2.12. The Morgan fingerprint density at radius 1 is 0.762 bits per heavy atom. The predicted octanol–water partition coefficient (Wildman–Crippen LogP) is 6.28. The minimum absolute atomic E-state index is 0.0272. The van der Waals surface area contributed by atoms with E-state index in [2.05, 4.69) is 6.92 Å². The Labute approximate surface area is 133 Å². The van der Waals surface area contributed by atoms with Gasteiger partial charge < -0.3 is 4.74 Å². The Morgan fingerprint density at radius 3 is 1.62 bits per heavy atom. The second-order valence-electron chi connectivity index (χ2n) is 6.37. The van der Waals surface area contributed by atoms with Crippen molar-refractivity contribution < 1.29 is 9.53 Å². The summed E-state index contributed by atoms with van der Waals surface area (Å²) in [6, 6.07) is 0. The van der Waals surface area contributed by atoms with Crippen LogP contribution >= 0.6 is 0 Å². The van der Waals surface area contributed by atoms with Crippen molar-refractivity contribution in [1.82, 2.24) is 0 Å². The molecule has 1 unspecified atom stereocenters. The summed E-state index contributed by atoms with van der Waals surface area (Å²) in [5.74, 6) is 0.0305. The summed E-state index contributed by atoms with van der Waals surface area (Å²) in [6.07, 6.45) is 16.9. The van der Waals surface area contributed by atoms with E-state index in [4.69, 9.17) is 4.74 Å². The Hall–Kier alpha value is -0.530. The number of hydrogen-bond acceptors (Lipinski definition) is 2. The van der Waals surface area contributed by atoms with Crippen LogP contribution in [0.15, 0.2) is 0 Å². The summed E-state index contributed by atoms with van der Waals surface area (Å²) in [5.41, 5.74) is 0. The van der Waals surface area contributed by atoms with Crippen molar-refractivity contribution in [3.8, 4) is 0 Å². The van der Waals surface area contributed by atoms with E-state index in [9.17, 15) is 4.79 Å². The summed E-state index contributed by atoms with van der Waals surface area (Å²) in [5, 5.41) is 0. The van der Waals surface area contributed by atoms with E-state index in [1.54, 1.807) is 0 Å². The molecule has 0 saturated heterocycles. The van der Waals surface area contributed by atoms with Gasteiger partial charge in [-0.05, 0) is 12.8 Å². The van der Waals surface area contributed by atoms with E-state index in [1.165, 1.54) is 70.6 Å². The zero-order valence-corrected chi connectivity index (χ0v) is 14.8. The van der Waals surface area contributed by atoms with Gasteiger partial charge in [0.1, 0.15) is 0 Å². The van der Waals surface area contributed by atoms with Crippen LogP contribution in [0.4, 0.5) is 0 Å². The molecule has 0 aliphatic rings. The van der Waals surface area contributed by atoms with E-state index < -0.39 is 0 Å². The Morgan fingerprint density at radius 2 is 1.19 bits per heavy atom. The molecule has 21 heavy (non-hydrogen) atoms. The van der Waals surface area contributed by atoms with Gasteiger partial charge in [0.2, 0.25) is 0 Å². The summed E-state index contributed by atoms with van der Waals surface area (Å²) < 4.78 is 5.25. The number of rotatable bonds is 15.